The lowest BCUT2D eigenvalue weighted by atomic mass is 10.1. The van der Waals surface area contributed by atoms with Gasteiger partial charge >= 0.3 is 0 Å². The van der Waals surface area contributed by atoms with Crippen LogP contribution in [0.15, 0.2) is 12.1 Å². The summed E-state index contributed by atoms with van der Waals surface area (Å²) in [6.45, 7) is 0. The molecule has 1 aromatic carbocycles. The van der Waals surface area contributed by atoms with Crippen LogP contribution in [0, 0.1) is 0 Å². The highest BCUT2D eigenvalue weighted by Gasteiger charge is 2.15. The number of benzene rings is 1. The minimum Gasteiger partial charge on any atom is -0.493 e. The molecule has 0 fully saturated rings. The second-order valence-electron chi connectivity index (χ2n) is 3.46. The molecule has 2 N–H and O–H groups in total. The summed E-state index contributed by atoms with van der Waals surface area (Å²) in [5.74, 6) is 1.35. The van der Waals surface area contributed by atoms with E-state index in [4.69, 9.17) is 19.9 Å². The van der Waals surface area contributed by atoms with E-state index in [1.807, 2.05) is 6.07 Å². The molecule has 0 atom stereocenters. The number of aryl methyl sites for hydroxylation is 1. The standard InChI is InChI=1S/C12H17NO4/c1-15-9-6-4-8(5-7-10(13)14)11(16-2)12(9)17-3/h4,6H,5,7H2,1-3H3,(H2,13,14). The van der Waals surface area contributed by atoms with Gasteiger partial charge in [0, 0.05) is 6.42 Å². The Balaban J connectivity index is 3.09. The lowest BCUT2D eigenvalue weighted by Gasteiger charge is -2.15. The van der Waals surface area contributed by atoms with Gasteiger partial charge in [0.1, 0.15) is 0 Å². The molecule has 1 aromatic rings. The number of hydrogen-bond donors (Lipinski definition) is 1. The van der Waals surface area contributed by atoms with Crippen LogP contribution in [0.5, 0.6) is 17.2 Å². The van der Waals surface area contributed by atoms with Crippen molar-refractivity contribution in [3.8, 4) is 17.2 Å². The summed E-state index contributed by atoms with van der Waals surface area (Å²) >= 11 is 0. The minimum atomic E-state index is -0.346. The van der Waals surface area contributed by atoms with Crippen LogP contribution in [0.1, 0.15) is 12.0 Å². The first-order valence-corrected chi connectivity index (χ1v) is 5.20. The van der Waals surface area contributed by atoms with Crippen molar-refractivity contribution in [1.29, 1.82) is 0 Å². The van der Waals surface area contributed by atoms with E-state index < -0.39 is 0 Å². The zero-order chi connectivity index (χ0) is 12.8. The molecular weight excluding hydrogens is 222 g/mol. The molecule has 0 radical (unpaired) electrons. The van der Waals surface area contributed by atoms with Crippen molar-refractivity contribution < 1.29 is 19.0 Å². The Morgan fingerprint density at radius 2 is 1.76 bits per heavy atom. The largest absolute Gasteiger partial charge is 0.493 e. The van der Waals surface area contributed by atoms with E-state index in [2.05, 4.69) is 0 Å². The third kappa shape index (κ3) is 3.03. The number of ether oxygens (including phenoxy) is 3. The van der Waals surface area contributed by atoms with Crippen LogP contribution in [0.3, 0.4) is 0 Å². The average Bonchev–Trinajstić information content (AvgIpc) is 2.34. The molecule has 0 spiro atoms. The zero-order valence-corrected chi connectivity index (χ0v) is 10.3. The number of nitrogens with two attached hydrogens (primary N) is 1. The smallest absolute Gasteiger partial charge is 0.217 e. The predicted molar refractivity (Wildman–Crippen MR) is 63.6 cm³/mol. The summed E-state index contributed by atoms with van der Waals surface area (Å²) in [6, 6.07) is 3.61. The van der Waals surface area contributed by atoms with Gasteiger partial charge in [-0.25, -0.2) is 0 Å². The quantitative estimate of drug-likeness (QED) is 0.807. The molecule has 0 bridgehead atoms. The molecule has 0 unspecified atom stereocenters. The highest BCUT2D eigenvalue weighted by Crippen LogP contribution is 2.40. The number of hydrogen-bond acceptors (Lipinski definition) is 4. The fraction of sp³-hybridized carbons (Fsp3) is 0.417. The molecule has 0 saturated carbocycles. The molecule has 17 heavy (non-hydrogen) atoms. The molecule has 1 rings (SSSR count). The van der Waals surface area contributed by atoms with Gasteiger partial charge in [-0.05, 0) is 18.1 Å². The maximum atomic E-state index is 10.8. The van der Waals surface area contributed by atoms with E-state index in [0.29, 0.717) is 23.7 Å². The van der Waals surface area contributed by atoms with E-state index >= 15 is 0 Å². The second kappa shape index (κ2) is 5.98. The van der Waals surface area contributed by atoms with Gasteiger partial charge in [-0.2, -0.15) is 0 Å². The van der Waals surface area contributed by atoms with E-state index in [1.165, 1.54) is 7.11 Å². The van der Waals surface area contributed by atoms with Crippen LogP contribution in [-0.2, 0) is 11.2 Å². The summed E-state index contributed by atoms with van der Waals surface area (Å²) in [5, 5.41) is 0. The monoisotopic (exact) mass is 239 g/mol. The Bertz CT molecular complexity index is 404. The number of methoxy groups -OCH3 is 3. The van der Waals surface area contributed by atoms with Gasteiger partial charge in [0.05, 0.1) is 21.3 Å². The molecular formula is C12H17NO4. The summed E-state index contributed by atoms with van der Waals surface area (Å²) in [5.41, 5.74) is 5.99. The van der Waals surface area contributed by atoms with Crippen LogP contribution in [0.2, 0.25) is 0 Å². The topological polar surface area (TPSA) is 70.8 Å². The Kier molecular flexibility index (Phi) is 4.63. The highest BCUT2D eigenvalue weighted by molar-refractivity contribution is 5.74. The average molecular weight is 239 g/mol. The molecule has 5 nitrogen and oxygen atoms in total. The van der Waals surface area contributed by atoms with Gasteiger partial charge in [-0.15, -0.1) is 0 Å². The number of rotatable bonds is 6. The van der Waals surface area contributed by atoms with E-state index in [1.54, 1.807) is 20.3 Å². The third-order valence-electron chi connectivity index (χ3n) is 2.43. The number of primary amides is 1. The first kappa shape index (κ1) is 13.2. The first-order chi connectivity index (χ1) is 8.13. The molecule has 94 valence electrons. The van der Waals surface area contributed by atoms with Gasteiger partial charge in [0.2, 0.25) is 11.7 Å². The summed E-state index contributed by atoms with van der Waals surface area (Å²) in [7, 11) is 4.64. The van der Waals surface area contributed by atoms with Crippen LogP contribution in [0.25, 0.3) is 0 Å². The maximum Gasteiger partial charge on any atom is 0.217 e. The third-order valence-corrected chi connectivity index (χ3v) is 2.43. The highest BCUT2D eigenvalue weighted by atomic mass is 16.5. The maximum absolute atomic E-state index is 10.8. The normalized spacial score (nSPS) is 9.82. The molecule has 0 aliphatic heterocycles. The fourth-order valence-corrected chi connectivity index (χ4v) is 1.62. The molecule has 0 heterocycles. The lowest BCUT2D eigenvalue weighted by molar-refractivity contribution is -0.117. The molecule has 0 aliphatic rings. The number of carbonyl (C=O) groups excluding carboxylic acids is 1. The Labute approximate surface area is 100 Å². The van der Waals surface area contributed by atoms with Gasteiger partial charge in [-0.3, -0.25) is 4.79 Å². The first-order valence-electron chi connectivity index (χ1n) is 5.20. The minimum absolute atomic E-state index is 0.270. The van der Waals surface area contributed by atoms with Crippen molar-refractivity contribution in [2.75, 3.05) is 21.3 Å². The lowest BCUT2D eigenvalue weighted by Crippen LogP contribution is -2.11. The van der Waals surface area contributed by atoms with Crippen molar-refractivity contribution in [2.24, 2.45) is 5.73 Å². The zero-order valence-electron chi connectivity index (χ0n) is 10.3. The summed E-state index contributed by atoms with van der Waals surface area (Å²) < 4.78 is 15.7. The van der Waals surface area contributed by atoms with Crippen molar-refractivity contribution in [1.82, 2.24) is 0 Å². The Hall–Kier alpha value is -1.91. The molecule has 0 saturated heterocycles. The Morgan fingerprint density at radius 3 is 2.24 bits per heavy atom. The van der Waals surface area contributed by atoms with E-state index in [0.717, 1.165) is 5.56 Å². The van der Waals surface area contributed by atoms with E-state index in [-0.39, 0.29) is 12.3 Å². The van der Waals surface area contributed by atoms with Gasteiger partial charge in [0.15, 0.2) is 11.5 Å². The predicted octanol–water partition coefficient (Wildman–Crippen LogP) is 1.13. The van der Waals surface area contributed by atoms with Crippen molar-refractivity contribution >= 4 is 5.91 Å². The van der Waals surface area contributed by atoms with Gasteiger partial charge in [-0.1, -0.05) is 6.07 Å². The second-order valence-corrected chi connectivity index (χ2v) is 3.46. The number of carbonyl (C=O) groups is 1. The molecule has 1 amide bonds. The summed E-state index contributed by atoms with van der Waals surface area (Å²) in [4.78, 5) is 10.8. The molecule has 0 aromatic heterocycles. The van der Waals surface area contributed by atoms with E-state index in [9.17, 15) is 4.79 Å². The van der Waals surface area contributed by atoms with Crippen LogP contribution in [0.4, 0.5) is 0 Å². The summed E-state index contributed by atoms with van der Waals surface area (Å²) in [6.07, 6.45) is 0.782. The van der Waals surface area contributed by atoms with Crippen LogP contribution < -0.4 is 19.9 Å². The molecule has 5 heteroatoms. The Morgan fingerprint density at radius 1 is 1.12 bits per heavy atom. The van der Waals surface area contributed by atoms with Gasteiger partial charge in [0.25, 0.3) is 0 Å². The SMILES string of the molecule is COc1ccc(CCC(N)=O)c(OC)c1OC. The van der Waals surface area contributed by atoms with Gasteiger partial charge < -0.3 is 19.9 Å². The van der Waals surface area contributed by atoms with Crippen molar-refractivity contribution in [2.45, 2.75) is 12.8 Å². The van der Waals surface area contributed by atoms with Crippen LogP contribution >= 0.6 is 0 Å². The van der Waals surface area contributed by atoms with Crippen molar-refractivity contribution in [3.05, 3.63) is 17.7 Å². The number of amides is 1. The van der Waals surface area contributed by atoms with Crippen LogP contribution in [-0.4, -0.2) is 27.2 Å². The molecule has 0 aliphatic carbocycles. The fourth-order valence-electron chi connectivity index (χ4n) is 1.62. The van der Waals surface area contributed by atoms with Crippen molar-refractivity contribution in [3.63, 3.8) is 0 Å².